The molecule has 0 aliphatic heterocycles. The Morgan fingerprint density at radius 2 is 1.80 bits per heavy atom. The van der Waals surface area contributed by atoms with E-state index < -0.39 is 31.7 Å². The van der Waals surface area contributed by atoms with Gasteiger partial charge in [-0.05, 0) is 42.5 Å². The van der Waals surface area contributed by atoms with Gasteiger partial charge in [0.15, 0.2) is 0 Å². The molecular formula is C19H13Cl2F3N2O2S2. The normalized spacial score (nSPS) is 12.0. The quantitative estimate of drug-likeness (QED) is 0.399. The number of nitrogens with zero attached hydrogens (tertiary/aromatic N) is 1. The van der Waals surface area contributed by atoms with E-state index >= 15 is 0 Å². The van der Waals surface area contributed by atoms with Crippen LogP contribution in [0.5, 0.6) is 0 Å². The summed E-state index contributed by atoms with van der Waals surface area (Å²) in [7, 11) is -4.42. The Hall–Kier alpha value is -1.94. The van der Waals surface area contributed by atoms with Gasteiger partial charge in [0.05, 0.1) is 22.0 Å². The van der Waals surface area contributed by atoms with Gasteiger partial charge in [0.25, 0.3) is 10.0 Å². The molecule has 1 aromatic heterocycles. The molecule has 1 N–H and O–H groups in total. The first-order valence-electron chi connectivity index (χ1n) is 8.29. The van der Waals surface area contributed by atoms with Gasteiger partial charge in [0, 0.05) is 21.9 Å². The van der Waals surface area contributed by atoms with Crippen molar-refractivity contribution in [3.05, 3.63) is 82.1 Å². The number of thioether (sulfide) groups is 1. The predicted octanol–water partition coefficient (Wildman–Crippen LogP) is 6.50. The third kappa shape index (κ3) is 5.40. The minimum Gasteiger partial charge on any atom is -0.278 e. The molecule has 0 saturated heterocycles. The molecule has 2 aromatic carbocycles. The van der Waals surface area contributed by atoms with Crippen molar-refractivity contribution in [3.8, 4) is 0 Å². The molecule has 3 aromatic rings. The number of pyridine rings is 1. The van der Waals surface area contributed by atoms with E-state index in [1.54, 1.807) is 24.4 Å². The molecule has 0 spiro atoms. The standard InChI is InChI=1S/C19H13Cl2F3N2O2S2/c20-12-7-8-16(29-11-13-4-1-2-9-25-13)15(10-12)26-30(27,28)17-6-3-5-14(18(17)21)19(22,23)24/h1-10,26H,11H2. The SMILES string of the molecule is O=S(=O)(Nc1cc(Cl)ccc1SCc1ccccn1)c1cccc(C(F)(F)F)c1Cl. The summed E-state index contributed by atoms with van der Waals surface area (Å²) < 4.78 is 67.2. The molecule has 158 valence electrons. The van der Waals surface area contributed by atoms with Crippen LogP contribution >= 0.6 is 35.0 Å². The van der Waals surface area contributed by atoms with Crippen LogP contribution in [0.25, 0.3) is 0 Å². The molecule has 4 nitrogen and oxygen atoms in total. The third-order valence-electron chi connectivity index (χ3n) is 3.85. The highest BCUT2D eigenvalue weighted by Gasteiger charge is 2.35. The fraction of sp³-hybridized carbons (Fsp3) is 0.105. The monoisotopic (exact) mass is 492 g/mol. The number of benzene rings is 2. The fourth-order valence-electron chi connectivity index (χ4n) is 2.48. The van der Waals surface area contributed by atoms with Crippen LogP contribution in [0.3, 0.4) is 0 Å². The molecular weight excluding hydrogens is 480 g/mol. The average Bonchev–Trinajstić information content (AvgIpc) is 2.67. The summed E-state index contributed by atoms with van der Waals surface area (Å²) in [4.78, 5) is 4.04. The van der Waals surface area contributed by atoms with Crippen molar-refractivity contribution in [2.24, 2.45) is 0 Å². The molecule has 30 heavy (non-hydrogen) atoms. The van der Waals surface area contributed by atoms with Crippen LogP contribution in [0, 0.1) is 0 Å². The summed E-state index contributed by atoms with van der Waals surface area (Å²) in [6.45, 7) is 0. The van der Waals surface area contributed by atoms with Gasteiger partial charge in [-0.15, -0.1) is 11.8 Å². The van der Waals surface area contributed by atoms with Crippen LogP contribution in [0.15, 0.2) is 70.6 Å². The Bertz CT molecular complexity index is 1160. The first-order chi connectivity index (χ1) is 14.1. The van der Waals surface area contributed by atoms with E-state index in [1.807, 2.05) is 12.1 Å². The Morgan fingerprint density at radius 3 is 2.47 bits per heavy atom. The molecule has 0 amide bonds. The van der Waals surface area contributed by atoms with Gasteiger partial charge in [-0.3, -0.25) is 9.71 Å². The van der Waals surface area contributed by atoms with Gasteiger partial charge in [-0.1, -0.05) is 35.3 Å². The average molecular weight is 493 g/mol. The van der Waals surface area contributed by atoms with E-state index in [1.165, 1.54) is 17.8 Å². The summed E-state index contributed by atoms with van der Waals surface area (Å²) in [5.41, 5.74) is -0.341. The zero-order valence-electron chi connectivity index (χ0n) is 15.0. The Balaban J connectivity index is 1.93. The summed E-state index contributed by atoms with van der Waals surface area (Å²) in [6, 6.07) is 12.7. The zero-order valence-corrected chi connectivity index (χ0v) is 18.1. The first kappa shape index (κ1) is 22.7. The van der Waals surface area contributed by atoms with Crippen molar-refractivity contribution in [2.45, 2.75) is 21.7 Å². The lowest BCUT2D eigenvalue weighted by molar-refractivity contribution is -0.137. The Kier molecular flexibility index (Phi) is 6.86. The van der Waals surface area contributed by atoms with Gasteiger partial charge >= 0.3 is 6.18 Å². The minimum absolute atomic E-state index is 0.122. The lowest BCUT2D eigenvalue weighted by Gasteiger charge is -2.16. The summed E-state index contributed by atoms with van der Waals surface area (Å²) in [6.07, 6.45) is -3.15. The van der Waals surface area contributed by atoms with E-state index in [0.29, 0.717) is 10.6 Å². The highest BCUT2D eigenvalue weighted by Crippen LogP contribution is 2.39. The molecule has 0 fully saturated rings. The number of rotatable bonds is 6. The van der Waals surface area contributed by atoms with Crippen molar-refractivity contribution in [1.29, 1.82) is 0 Å². The summed E-state index contributed by atoms with van der Waals surface area (Å²) in [5, 5.41) is -0.646. The highest BCUT2D eigenvalue weighted by atomic mass is 35.5. The highest BCUT2D eigenvalue weighted by molar-refractivity contribution is 7.98. The van der Waals surface area contributed by atoms with E-state index in [-0.39, 0.29) is 10.7 Å². The number of halogens is 5. The molecule has 0 aliphatic carbocycles. The Morgan fingerprint density at radius 1 is 1.03 bits per heavy atom. The smallest absolute Gasteiger partial charge is 0.278 e. The molecule has 3 rings (SSSR count). The number of hydrogen-bond acceptors (Lipinski definition) is 4. The maximum atomic E-state index is 13.1. The van der Waals surface area contributed by atoms with Gasteiger partial charge in [0.1, 0.15) is 4.90 Å². The molecule has 0 atom stereocenters. The second-order valence-electron chi connectivity index (χ2n) is 5.97. The topological polar surface area (TPSA) is 59.1 Å². The van der Waals surface area contributed by atoms with E-state index in [0.717, 1.165) is 23.9 Å². The largest absolute Gasteiger partial charge is 0.417 e. The fourth-order valence-corrected chi connectivity index (χ4v) is 5.33. The van der Waals surface area contributed by atoms with Crippen molar-refractivity contribution in [2.75, 3.05) is 4.72 Å². The predicted molar refractivity (Wildman–Crippen MR) is 113 cm³/mol. The number of sulfonamides is 1. The van der Waals surface area contributed by atoms with Crippen molar-refractivity contribution >= 4 is 50.7 Å². The lowest BCUT2D eigenvalue weighted by Crippen LogP contribution is -2.16. The van der Waals surface area contributed by atoms with Crippen molar-refractivity contribution in [1.82, 2.24) is 4.98 Å². The van der Waals surface area contributed by atoms with Gasteiger partial charge in [-0.25, -0.2) is 8.42 Å². The van der Waals surface area contributed by atoms with Crippen LogP contribution in [-0.2, 0) is 22.0 Å². The minimum atomic E-state index is -4.79. The molecule has 11 heteroatoms. The van der Waals surface area contributed by atoms with Gasteiger partial charge in [0.2, 0.25) is 0 Å². The Labute approximate surface area is 185 Å². The number of anilines is 1. The molecule has 0 saturated carbocycles. The van der Waals surface area contributed by atoms with E-state index in [9.17, 15) is 21.6 Å². The maximum absolute atomic E-state index is 13.1. The van der Waals surface area contributed by atoms with Gasteiger partial charge < -0.3 is 0 Å². The van der Waals surface area contributed by atoms with Crippen LogP contribution in [0.2, 0.25) is 10.0 Å². The van der Waals surface area contributed by atoms with Crippen LogP contribution in [0.1, 0.15) is 11.3 Å². The van der Waals surface area contributed by atoms with Crippen molar-refractivity contribution in [3.63, 3.8) is 0 Å². The molecule has 1 heterocycles. The number of alkyl halides is 3. The second-order valence-corrected chi connectivity index (χ2v) is 9.45. The number of aromatic nitrogens is 1. The van der Waals surface area contributed by atoms with Gasteiger partial charge in [-0.2, -0.15) is 13.2 Å². The third-order valence-corrected chi connectivity index (χ3v) is 7.12. The van der Waals surface area contributed by atoms with Crippen molar-refractivity contribution < 1.29 is 21.6 Å². The first-order valence-corrected chi connectivity index (χ1v) is 11.5. The zero-order chi connectivity index (χ0) is 21.9. The van der Waals surface area contributed by atoms with E-state index in [2.05, 4.69) is 9.71 Å². The lowest BCUT2D eigenvalue weighted by atomic mass is 10.2. The molecule has 0 aliphatic rings. The van der Waals surface area contributed by atoms with E-state index in [4.69, 9.17) is 23.2 Å². The van der Waals surface area contributed by atoms with Crippen LogP contribution in [-0.4, -0.2) is 13.4 Å². The number of nitrogens with one attached hydrogen (secondary N) is 1. The second kappa shape index (κ2) is 9.05. The summed E-state index contributed by atoms with van der Waals surface area (Å²) in [5.74, 6) is 0.446. The number of hydrogen-bond donors (Lipinski definition) is 1. The van der Waals surface area contributed by atoms with Crippen LogP contribution < -0.4 is 4.72 Å². The molecule has 0 unspecified atom stereocenters. The molecule has 0 bridgehead atoms. The molecule has 0 radical (unpaired) electrons. The summed E-state index contributed by atoms with van der Waals surface area (Å²) >= 11 is 13.1. The van der Waals surface area contributed by atoms with Crippen LogP contribution in [0.4, 0.5) is 18.9 Å². The maximum Gasteiger partial charge on any atom is 0.417 e.